The van der Waals surface area contributed by atoms with Gasteiger partial charge in [-0.2, -0.15) is 0 Å². The number of aliphatic hydroxyl groups is 2. The van der Waals surface area contributed by atoms with Gasteiger partial charge in [-0.1, -0.05) is 19.1 Å². The van der Waals surface area contributed by atoms with Crippen LogP contribution in [-0.4, -0.2) is 55.8 Å². The van der Waals surface area contributed by atoms with Gasteiger partial charge in [-0.05, 0) is 12.5 Å². The Labute approximate surface area is 176 Å². The fourth-order valence-electron chi connectivity index (χ4n) is 4.69. The molecular formula is C22H20O9. The van der Waals surface area contributed by atoms with E-state index in [9.17, 15) is 39.9 Å². The zero-order chi connectivity index (χ0) is 22.8. The summed E-state index contributed by atoms with van der Waals surface area (Å²) in [7, 11) is 1.08. The minimum absolute atomic E-state index is 0.00979. The number of carbonyl (C=O) groups is 3. The predicted octanol–water partition coefficient (Wildman–Crippen LogP) is 1.41. The lowest BCUT2D eigenvalue weighted by Gasteiger charge is -2.42. The van der Waals surface area contributed by atoms with Crippen molar-refractivity contribution >= 4 is 17.5 Å². The van der Waals surface area contributed by atoms with Crippen molar-refractivity contribution in [3.63, 3.8) is 0 Å². The van der Waals surface area contributed by atoms with E-state index in [0.29, 0.717) is 0 Å². The summed E-state index contributed by atoms with van der Waals surface area (Å²) in [5, 5.41) is 53.8. The lowest BCUT2D eigenvalue weighted by Crippen LogP contribution is -2.46. The van der Waals surface area contributed by atoms with Gasteiger partial charge in [0.1, 0.15) is 23.2 Å². The quantitative estimate of drug-likeness (QED) is 0.300. The molecule has 5 N–H and O–H groups in total. The highest BCUT2D eigenvalue weighted by Gasteiger charge is 2.53. The van der Waals surface area contributed by atoms with Gasteiger partial charge in [0.15, 0.2) is 5.78 Å². The Morgan fingerprint density at radius 2 is 1.68 bits per heavy atom. The molecule has 2 aromatic rings. The number of esters is 1. The number of phenols is 3. The molecule has 0 aromatic heterocycles. The first-order chi connectivity index (χ1) is 14.6. The van der Waals surface area contributed by atoms with Crippen LogP contribution in [0.4, 0.5) is 0 Å². The summed E-state index contributed by atoms with van der Waals surface area (Å²) in [4.78, 5) is 38.8. The first-order valence-corrected chi connectivity index (χ1v) is 9.60. The number of hydrogen-bond donors (Lipinski definition) is 5. The van der Waals surface area contributed by atoms with E-state index in [1.807, 2.05) is 0 Å². The summed E-state index contributed by atoms with van der Waals surface area (Å²) in [6.07, 6.45) is -1.94. The Morgan fingerprint density at radius 3 is 2.29 bits per heavy atom. The second-order valence-electron chi connectivity index (χ2n) is 7.77. The van der Waals surface area contributed by atoms with Crippen LogP contribution in [0.3, 0.4) is 0 Å². The molecule has 2 aromatic carbocycles. The molecule has 0 spiro atoms. The number of phenolic OH excluding ortho intramolecular Hbond substituents is 3. The lowest BCUT2D eigenvalue weighted by atomic mass is 9.66. The van der Waals surface area contributed by atoms with Gasteiger partial charge < -0.3 is 30.3 Å². The summed E-state index contributed by atoms with van der Waals surface area (Å²) < 4.78 is 4.78. The summed E-state index contributed by atoms with van der Waals surface area (Å²) >= 11 is 0. The number of carbonyl (C=O) groups excluding carboxylic acids is 3. The van der Waals surface area contributed by atoms with Gasteiger partial charge in [0.2, 0.25) is 5.78 Å². The third-order valence-electron chi connectivity index (χ3n) is 6.25. The number of methoxy groups -OCH3 is 1. The molecule has 9 heteroatoms. The van der Waals surface area contributed by atoms with Crippen molar-refractivity contribution in [2.24, 2.45) is 0 Å². The Hall–Kier alpha value is -3.43. The number of hydrogen-bond acceptors (Lipinski definition) is 9. The highest BCUT2D eigenvalue weighted by atomic mass is 16.5. The van der Waals surface area contributed by atoms with Crippen molar-refractivity contribution in [2.75, 3.05) is 7.11 Å². The van der Waals surface area contributed by atoms with Gasteiger partial charge in [0.05, 0.1) is 35.5 Å². The number of aromatic hydroxyl groups is 3. The fraction of sp³-hybridized carbons (Fsp3) is 0.318. The van der Waals surface area contributed by atoms with Gasteiger partial charge in [-0.3, -0.25) is 14.4 Å². The average molecular weight is 428 g/mol. The molecule has 0 heterocycles. The Morgan fingerprint density at radius 1 is 1.06 bits per heavy atom. The standard InChI is InChI=1S/C22H20O9/c1-3-22(30)7-10(24)12-13(16(22)21(29)31-2)20(28)14-15(19(12)27)18(26)11-8(17(14)25)5-4-6-9(11)23/h4-6,10,16,23-24,27-28,30H,3,7H2,1-2H3/t10?,16-,22-/m0/s1. The van der Waals surface area contributed by atoms with Gasteiger partial charge in [-0.15, -0.1) is 0 Å². The third kappa shape index (κ3) is 2.60. The minimum Gasteiger partial charge on any atom is -0.507 e. The first kappa shape index (κ1) is 20.8. The highest BCUT2D eigenvalue weighted by molar-refractivity contribution is 6.31. The molecule has 1 unspecified atom stereocenters. The van der Waals surface area contributed by atoms with E-state index in [0.717, 1.165) is 7.11 Å². The Kier molecular flexibility index (Phi) is 4.56. The van der Waals surface area contributed by atoms with Crippen LogP contribution in [0.25, 0.3) is 0 Å². The number of ether oxygens (including phenoxy) is 1. The molecule has 0 fully saturated rings. The molecule has 31 heavy (non-hydrogen) atoms. The van der Waals surface area contributed by atoms with Crippen molar-refractivity contribution < 1.29 is 44.7 Å². The molecule has 4 rings (SSSR count). The highest BCUT2D eigenvalue weighted by Crippen LogP contribution is 2.56. The third-order valence-corrected chi connectivity index (χ3v) is 6.25. The molecule has 0 saturated heterocycles. The maximum absolute atomic E-state index is 13.1. The van der Waals surface area contributed by atoms with Crippen LogP contribution in [0, 0.1) is 0 Å². The van der Waals surface area contributed by atoms with E-state index in [-0.39, 0.29) is 35.1 Å². The van der Waals surface area contributed by atoms with Crippen LogP contribution in [0.1, 0.15) is 74.8 Å². The van der Waals surface area contributed by atoms with Gasteiger partial charge in [-0.25, -0.2) is 0 Å². The average Bonchev–Trinajstić information content (AvgIpc) is 2.73. The molecule has 0 bridgehead atoms. The molecular weight excluding hydrogens is 408 g/mol. The van der Waals surface area contributed by atoms with E-state index < -0.39 is 63.5 Å². The molecule has 0 saturated carbocycles. The molecule has 0 radical (unpaired) electrons. The van der Waals surface area contributed by atoms with Crippen LogP contribution in [0.5, 0.6) is 17.2 Å². The Bertz CT molecular complexity index is 1170. The van der Waals surface area contributed by atoms with Crippen LogP contribution >= 0.6 is 0 Å². The first-order valence-electron chi connectivity index (χ1n) is 9.60. The van der Waals surface area contributed by atoms with E-state index in [1.165, 1.54) is 18.2 Å². The van der Waals surface area contributed by atoms with Crippen LogP contribution in [-0.2, 0) is 9.53 Å². The summed E-state index contributed by atoms with van der Waals surface area (Å²) in [5.74, 6) is -6.33. The fourth-order valence-corrected chi connectivity index (χ4v) is 4.69. The minimum atomic E-state index is -1.84. The zero-order valence-corrected chi connectivity index (χ0v) is 16.7. The topological polar surface area (TPSA) is 162 Å². The van der Waals surface area contributed by atoms with Crippen molar-refractivity contribution in [3.05, 3.63) is 51.6 Å². The number of aliphatic hydroxyl groups excluding tert-OH is 1. The Balaban J connectivity index is 2.11. The van der Waals surface area contributed by atoms with Gasteiger partial charge in [0, 0.05) is 23.1 Å². The van der Waals surface area contributed by atoms with Crippen molar-refractivity contribution in [3.8, 4) is 17.2 Å². The van der Waals surface area contributed by atoms with Gasteiger partial charge >= 0.3 is 5.97 Å². The van der Waals surface area contributed by atoms with Crippen LogP contribution in [0.15, 0.2) is 18.2 Å². The normalized spacial score (nSPS) is 24.3. The summed E-state index contributed by atoms with van der Waals surface area (Å²) in [6, 6.07) is 3.83. The maximum atomic E-state index is 13.1. The monoisotopic (exact) mass is 428 g/mol. The van der Waals surface area contributed by atoms with Crippen LogP contribution in [0.2, 0.25) is 0 Å². The van der Waals surface area contributed by atoms with Crippen molar-refractivity contribution in [1.82, 2.24) is 0 Å². The smallest absolute Gasteiger partial charge is 0.316 e. The van der Waals surface area contributed by atoms with E-state index in [1.54, 1.807) is 6.92 Å². The van der Waals surface area contributed by atoms with Crippen molar-refractivity contribution in [1.29, 1.82) is 0 Å². The summed E-state index contributed by atoms with van der Waals surface area (Å²) in [6.45, 7) is 1.57. The predicted molar refractivity (Wildman–Crippen MR) is 104 cm³/mol. The number of benzene rings is 2. The lowest BCUT2D eigenvalue weighted by molar-refractivity contribution is -0.153. The largest absolute Gasteiger partial charge is 0.507 e. The molecule has 0 aliphatic heterocycles. The zero-order valence-electron chi connectivity index (χ0n) is 16.7. The number of rotatable bonds is 2. The summed E-state index contributed by atoms with van der Waals surface area (Å²) in [5.41, 5.74) is -4.23. The molecule has 0 amide bonds. The van der Waals surface area contributed by atoms with Gasteiger partial charge in [0.25, 0.3) is 0 Å². The maximum Gasteiger partial charge on any atom is 0.316 e. The molecule has 2 aliphatic carbocycles. The second-order valence-corrected chi connectivity index (χ2v) is 7.77. The number of ketones is 2. The van der Waals surface area contributed by atoms with E-state index in [2.05, 4.69) is 0 Å². The molecule has 3 atom stereocenters. The van der Waals surface area contributed by atoms with Crippen LogP contribution < -0.4 is 0 Å². The second kappa shape index (κ2) is 6.79. The van der Waals surface area contributed by atoms with E-state index >= 15 is 0 Å². The van der Waals surface area contributed by atoms with E-state index in [4.69, 9.17) is 4.74 Å². The molecule has 9 nitrogen and oxygen atoms in total. The SMILES string of the molecule is CC[C@]1(O)CC(O)c2c(O)c3c(c(O)c2[C@H]1C(=O)OC)C(=O)c1cccc(O)c1C3=O. The molecule has 2 aliphatic rings. The van der Waals surface area contributed by atoms with Crippen molar-refractivity contribution in [2.45, 2.75) is 37.4 Å². The molecule has 162 valence electrons. The number of fused-ring (bicyclic) bond motifs is 3.